The van der Waals surface area contributed by atoms with Gasteiger partial charge in [-0.1, -0.05) is 11.6 Å². The second kappa shape index (κ2) is 9.29. The van der Waals surface area contributed by atoms with E-state index in [4.69, 9.17) is 34.8 Å². The first-order valence-electron chi connectivity index (χ1n) is 9.79. The number of carbonyl (C=O) groups is 2. The molecule has 1 saturated carbocycles. The maximum atomic E-state index is 13.9. The SMILES string of the molecule is O=C(Nc1ccc(F)cc1F)c1cc(NC(=O)[C@@H]2[C@H](c3cc(F)c(F)c(F)c3)C2(Cl)Cl)ccc1Cl. The lowest BCUT2D eigenvalue weighted by molar-refractivity contribution is -0.117. The van der Waals surface area contributed by atoms with Crippen molar-refractivity contribution in [3.63, 3.8) is 0 Å². The molecule has 0 aromatic heterocycles. The van der Waals surface area contributed by atoms with Crippen LogP contribution in [0.2, 0.25) is 5.02 Å². The fraction of sp³-hybridized carbons (Fsp3) is 0.130. The van der Waals surface area contributed by atoms with Gasteiger partial charge in [-0.15, -0.1) is 23.2 Å². The predicted octanol–water partition coefficient (Wildman–Crippen LogP) is 6.81. The van der Waals surface area contributed by atoms with Crippen LogP contribution < -0.4 is 10.6 Å². The second-order valence-electron chi connectivity index (χ2n) is 7.69. The van der Waals surface area contributed by atoms with Crippen molar-refractivity contribution in [2.24, 2.45) is 5.92 Å². The second-order valence-corrected chi connectivity index (χ2v) is 9.54. The minimum absolute atomic E-state index is 0.0337. The van der Waals surface area contributed by atoms with Gasteiger partial charge in [-0.2, -0.15) is 0 Å². The molecule has 0 saturated heterocycles. The van der Waals surface area contributed by atoms with Crippen LogP contribution in [0.3, 0.4) is 0 Å². The van der Waals surface area contributed by atoms with Gasteiger partial charge in [-0.05, 0) is 48.0 Å². The third kappa shape index (κ3) is 4.94. The van der Waals surface area contributed by atoms with E-state index < -0.39 is 57.1 Å². The van der Waals surface area contributed by atoms with Gasteiger partial charge in [-0.25, -0.2) is 22.0 Å². The van der Waals surface area contributed by atoms with Gasteiger partial charge in [0.1, 0.15) is 16.0 Å². The highest BCUT2D eigenvalue weighted by molar-refractivity contribution is 6.53. The van der Waals surface area contributed by atoms with Gasteiger partial charge in [0, 0.05) is 17.7 Å². The predicted molar refractivity (Wildman–Crippen MR) is 121 cm³/mol. The molecule has 0 bridgehead atoms. The molecule has 0 heterocycles. The number of hydrogen-bond donors (Lipinski definition) is 2. The van der Waals surface area contributed by atoms with E-state index in [0.29, 0.717) is 18.2 Å². The summed E-state index contributed by atoms with van der Waals surface area (Å²) < 4.78 is 65.7. The quantitative estimate of drug-likeness (QED) is 0.209. The van der Waals surface area contributed by atoms with Gasteiger partial charge in [0.05, 0.1) is 22.2 Å². The van der Waals surface area contributed by atoms with Crippen LogP contribution in [-0.4, -0.2) is 16.1 Å². The summed E-state index contributed by atoms with van der Waals surface area (Å²) in [6, 6.07) is 7.80. The molecular formula is C23H12Cl3F5N2O2. The molecular weight excluding hydrogens is 538 g/mol. The van der Waals surface area contributed by atoms with Crippen molar-refractivity contribution in [1.29, 1.82) is 0 Å². The Bertz CT molecular complexity index is 1350. The van der Waals surface area contributed by atoms with Crippen LogP contribution in [0.25, 0.3) is 0 Å². The summed E-state index contributed by atoms with van der Waals surface area (Å²) in [5.74, 6) is -10.2. The van der Waals surface area contributed by atoms with E-state index >= 15 is 0 Å². The van der Waals surface area contributed by atoms with Crippen molar-refractivity contribution in [2.75, 3.05) is 10.6 Å². The van der Waals surface area contributed by atoms with E-state index in [1.807, 2.05) is 0 Å². The Labute approximate surface area is 210 Å². The molecule has 0 radical (unpaired) electrons. The lowest BCUT2D eigenvalue weighted by atomic mass is 10.1. The molecule has 12 heteroatoms. The highest BCUT2D eigenvalue weighted by Gasteiger charge is 2.67. The molecule has 1 aliphatic rings. The van der Waals surface area contributed by atoms with Gasteiger partial charge in [0.25, 0.3) is 5.91 Å². The molecule has 4 nitrogen and oxygen atoms in total. The van der Waals surface area contributed by atoms with E-state index in [-0.39, 0.29) is 27.5 Å². The minimum Gasteiger partial charge on any atom is -0.326 e. The van der Waals surface area contributed by atoms with Crippen molar-refractivity contribution in [3.8, 4) is 0 Å². The van der Waals surface area contributed by atoms with E-state index in [9.17, 15) is 31.5 Å². The van der Waals surface area contributed by atoms with Crippen LogP contribution in [0.4, 0.5) is 33.3 Å². The Morgan fingerprint density at radius 3 is 2.11 bits per heavy atom. The number of anilines is 2. The van der Waals surface area contributed by atoms with Gasteiger partial charge < -0.3 is 10.6 Å². The molecule has 4 rings (SSSR count). The maximum absolute atomic E-state index is 13.9. The molecule has 0 spiro atoms. The highest BCUT2D eigenvalue weighted by Crippen LogP contribution is 2.65. The fourth-order valence-electron chi connectivity index (χ4n) is 3.60. The topological polar surface area (TPSA) is 58.2 Å². The molecule has 3 aromatic rings. The van der Waals surface area contributed by atoms with E-state index in [0.717, 1.165) is 12.1 Å². The van der Waals surface area contributed by atoms with Crippen LogP contribution in [0.5, 0.6) is 0 Å². The molecule has 182 valence electrons. The number of alkyl halides is 2. The molecule has 2 atom stereocenters. The smallest absolute Gasteiger partial charge is 0.257 e. The van der Waals surface area contributed by atoms with Crippen LogP contribution in [-0.2, 0) is 4.79 Å². The number of amides is 2. The first-order valence-corrected chi connectivity index (χ1v) is 10.9. The van der Waals surface area contributed by atoms with Crippen molar-refractivity contribution >= 4 is 58.0 Å². The molecule has 0 aliphatic heterocycles. The number of rotatable bonds is 5. The van der Waals surface area contributed by atoms with Crippen LogP contribution >= 0.6 is 34.8 Å². The standard InChI is InChI=1S/C23H12Cl3F5N2O2/c24-13-3-2-11(8-12(13)21(34)33-17-4-1-10(27)7-14(17)28)32-22(35)19-18(23(19,25)26)9-5-15(29)20(31)16(30)6-9/h1-8,18-19H,(H,32,35)(H,33,34)/t18-,19-/m0/s1. The van der Waals surface area contributed by atoms with Gasteiger partial charge >= 0.3 is 0 Å². The average molecular weight is 550 g/mol. The molecule has 3 aromatic carbocycles. The highest BCUT2D eigenvalue weighted by atomic mass is 35.5. The van der Waals surface area contributed by atoms with Crippen LogP contribution in [0.1, 0.15) is 21.8 Å². The Morgan fingerprint density at radius 1 is 0.829 bits per heavy atom. The molecule has 1 fully saturated rings. The van der Waals surface area contributed by atoms with Crippen LogP contribution in [0, 0.1) is 35.0 Å². The molecule has 0 unspecified atom stereocenters. The number of halogens is 8. The Kier molecular flexibility index (Phi) is 6.70. The van der Waals surface area contributed by atoms with E-state index in [2.05, 4.69) is 10.6 Å². The monoisotopic (exact) mass is 548 g/mol. The fourth-order valence-corrected chi connectivity index (χ4v) is 4.63. The summed E-state index contributed by atoms with van der Waals surface area (Å²) in [6.07, 6.45) is 0. The molecule has 2 N–H and O–H groups in total. The van der Waals surface area contributed by atoms with Gasteiger partial charge in [0.2, 0.25) is 5.91 Å². The van der Waals surface area contributed by atoms with Crippen molar-refractivity contribution < 1.29 is 31.5 Å². The summed E-state index contributed by atoms with van der Waals surface area (Å²) in [5, 5.41) is 4.68. The van der Waals surface area contributed by atoms with Crippen molar-refractivity contribution in [2.45, 2.75) is 10.3 Å². The lowest BCUT2D eigenvalue weighted by Crippen LogP contribution is -2.18. The summed E-state index contributed by atoms with van der Waals surface area (Å²) in [4.78, 5) is 25.4. The summed E-state index contributed by atoms with van der Waals surface area (Å²) in [5.41, 5.74) is -0.471. The van der Waals surface area contributed by atoms with Crippen molar-refractivity contribution in [1.82, 2.24) is 0 Å². The first kappa shape index (κ1) is 25.2. The number of nitrogens with one attached hydrogen (secondary N) is 2. The van der Waals surface area contributed by atoms with Crippen LogP contribution in [0.15, 0.2) is 48.5 Å². The zero-order valence-corrected chi connectivity index (χ0v) is 19.4. The largest absolute Gasteiger partial charge is 0.326 e. The maximum Gasteiger partial charge on any atom is 0.257 e. The number of hydrogen-bond acceptors (Lipinski definition) is 2. The third-order valence-electron chi connectivity index (χ3n) is 5.36. The molecule has 1 aliphatic carbocycles. The van der Waals surface area contributed by atoms with E-state index in [1.54, 1.807) is 0 Å². The zero-order valence-electron chi connectivity index (χ0n) is 17.1. The normalized spacial score (nSPS) is 18.2. The first-order chi connectivity index (χ1) is 16.4. The minimum atomic E-state index is -1.73. The van der Waals surface area contributed by atoms with Crippen molar-refractivity contribution in [3.05, 3.63) is 93.8 Å². The van der Waals surface area contributed by atoms with Gasteiger partial charge in [0.15, 0.2) is 17.5 Å². The zero-order chi connectivity index (χ0) is 25.7. The summed E-state index contributed by atoms with van der Waals surface area (Å²) in [6.45, 7) is 0. The van der Waals surface area contributed by atoms with E-state index in [1.165, 1.54) is 18.2 Å². The number of carbonyl (C=O) groups excluding carboxylic acids is 2. The Hall–Kier alpha value is -2.88. The molecule has 35 heavy (non-hydrogen) atoms. The Balaban J connectivity index is 1.52. The molecule has 2 amide bonds. The third-order valence-corrected chi connectivity index (χ3v) is 6.63. The lowest BCUT2D eigenvalue weighted by Gasteiger charge is -2.11. The Morgan fingerprint density at radius 2 is 1.49 bits per heavy atom. The van der Waals surface area contributed by atoms with Gasteiger partial charge in [-0.3, -0.25) is 9.59 Å². The average Bonchev–Trinajstić information content (AvgIpc) is 3.37. The number of benzene rings is 3. The summed E-state index contributed by atoms with van der Waals surface area (Å²) in [7, 11) is 0. The summed E-state index contributed by atoms with van der Waals surface area (Å²) >= 11 is 18.4.